The maximum Gasteiger partial charge on any atom is 0.310 e. The summed E-state index contributed by atoms with van der Waals surface area (Å²) >= 11 is 0. The highest BCUT2D eigenvalue weighted by Gasteiger charge is 2.29. The molecule has 8 heteroatoms. The van der Waals surface area contributed by atoms with Gasteiger partial charge < -0.3 is 9.64 Å². The average Bonchev–Trinajstić information content (AvgIpc) is 2.92. The number of likely N-dealkylation sites (tertiary alicyclic amines) is 1. The maximum atomic E-state index is 12.0. The highest BCUT2D eigenvalue weighted by Crippen LogP contribution is 2.18. The monoisotopic (exact) mass is 267 g/mol. The Labute approximate surface area is 110 Å². The molecule has 0 spiro atoms. The number of amides is 1. The van der Waals surface area contributed by atoms with E-state index in [0.717, 1.165) is 12.8 Å². The summed E-state index contributed by atoms with van der Waals surface area (Å²) < 4.78 is 6.37. The molecule has 8 nitrogen and oxygen atoms in total. The van der Waals surface area contributed by atoms with Gasteiger partial charge >= 0.3 is 5.97 Å². The lowest BCUT2D eigenvalue weighted by atomic mass is 9.98. The largest absolute Gasteiger partial charge is 0.466 e. The van der Waals surface area contributed by atoms with Crippen molar-refractivity contribution in [2.45, 2.75) is 26.3 Å². The molecular formula is C11H17N5O3. The van der Waals surface area contributed by atoms with Crippen LogP contribution in [0.4, 0.5) is 0 Å². The van der Waals surface area contributed by atoms with Crippen molar-refractivity contribution >= 4 is 11.9 Å². The molecule has 104 valence electrons. The third kappa shape index (κ3) is 3.49. The molecule has 0 saturated carbocycles. The quantitative estimate of drug-likeness (QED) is 0.681. The van der Waals surface area contributed by atoms with Crippen molar-refractivity contribution < 1.29 is 14.3 Å². The van der Waals surface area contributed by atoms with Crippen LogP contribution in [0.3, 0.4) is 0 Å². The van der Waals surface area contributed by atoms with E-state index in [0.29, 0.717) is 19.7 Å². The number of carbonyl (C=O) groups is 2. The predicted octanol–water partition coefficient (Wildman–Crippen LogP) is -0.525. The number of hydrogen-bond donors (Lipinski definition) is 0. The number of rotatable bonds is 4. The zero-order valence-corrected chi connectivity index (χ0v) is 10.9. The number of hydrogen-bond acceptors (Lipinski definition) is 6. The first kappa shape index (κ1) is 13.4. The molecule has 0 radical (unpaired) electrons. The number of aromatic nitrogens is 4. The molecule has 0 N–H and O–H groups in total. The maximum absolute atomic E-state index is 12.0. The lowest BCUT2D eigenvalue weighted by Crippen LogP contribution is -2.44. The SMILES string of the molecule is CCOC(=O)C1CCCN(C(=O)Cn2cnnn2)C1. The van der Waals surface area contributed by atoms with Gasteiger partial charge in [0.15, 0.2) is 0 Å². The third-order valence-corrected chi connectivity index (χ3v) is 3.08. The fourth-order valence-electron chi connectivity index (χ4n) is 2.15. The number of nitrogens with zero attached hydrogens (tertiary/aromatic N) is 5. The van der Waals surface area contributed by atoms with Crippen LogP contribution in [0.25, 0.3) is 0 Å². The summed E-state index contributed by atoms with van der Waals surface area (Å²) in [5.74, 6) is -0.518. The van der Waals surface area contributed by atoms with E-state index in [2.05, 4.69) is 15.5 Å². The first-order chi connectivity index (χ1) is 9.20. The Morgan fingerprint density at radius 3 is 3.00 bits per heavy atom. The first-order valence-electron chi connectivity index (χ1n) is 6.36. The van der Waals surface area contributed by atoms with Crippen LogP contribution in [-0.4, -0.2) is 56.7 Å². The van der Waals surface area contributed by atoms with Gasteiger partial charge in [0.05, 0.1) is 12.5 Å². The Hall–Kier alpha value is -1.99. The van der Waals surface area contributed by atoms with Crippen molar-refractivity contribution in [3.05, 3.63) is 6.33 Å². The summed E-state index contributed by atoms with van der Waals surface area (Å²) in [6.07, 6.45) is 2.98. The summed E-state index contributed by atoms with van der Waals surface area (Å²) in [5.41, 5.74) is 0. The first-order valence-corrected chi connectivity index (χ1v) is 6.36. The summed E-state index contributed by atoms with van der Waals surface area (Å²) in [6, 6.07) is 0. The van der Waals surface area contributed by atoms with E-state index in [-0.39, 0.29) is 24.3 Å². The van der Waals surface area contributed by atoms with Gasteiger partial charge in [-0.3, -0.25) is 9.59 Å². The Kier molecular flexibility index (Phi) is 4.43. The molecule has 1 amide bonds. The summed E-state index contributed by atoms with van der Waals surface area (Å²) in [6.45, 7) is 3.33. The molecule has 0 aromatic carbocycles. The van der Waals surface area contributed by atoms with Crippen molar-refractivity contribution in [3.8, 4) is 0 Å². The molecule has 2 heterocycles. The topological polar surface area (TPSA) is 90.2 Å². The minimum absolute atomic E-state index is 0.0821. The van der Waals surface area contributed by atoms with Gasteiger partial charge in [0.1, 0.15) is 12.9 Å². The molecule has 1 atom stereocenters. The fourth-order valence-corrected chi connectivity index (χ4v) is 2.15. The van der Waals surface area contributed by atoms with Gasteiger partial charge in [0.2, 0.25) is 5.91 Å². The smallest absolute Gasteiger partial charge is 0.310 e. The second-order valence-corrected chi connectivity index (χ2v) is 4.44. The zero-order chi connectivity index (χ0) is 13.7. The van der Waals surface area contributed by atoms with Crippen molar-refractivity contribution in [1.29, 1.82) is 0 Å². The Morgan fingerprint density at radius 1 is 1.47 bits per heavy atom. The standard InChI is InChI=1S/C11H17N5O3/c1-2-19-11(18)9-4-3-5-15(6-9)10(17)7-16-8-12-13-14-16/h8-9H,2-7H2,1H3. The van der Waals surface area contributed by atoms with E-state index in [1.807, 2.05) is 0 Å². The van der Waals surface area contributed by atoms with Crippen LogP contribution in [-0.2, 0) is 20.9 Å². The van der Waals surface area contributed by atoms with Crippen LogP contribution < -0.4 is 0 Å². The van der Waals surface area contributed by atoms with E-state index in [1.165, 1.54) is 11.0 Å². The molecule has 1 fully saturated rings. The van der Waals surface area contributed by atoms with Gasteiger partial charge in [-0.15, -0.1) is 5.10 Å². The zero-order valence-electron chi connectivity index (χ0n) is 10.9. The van der Waals surface area contributed by atoms with Gasteiger partial charge in [-0.2, -0.15) is 0 Å². The van der Waals surface area contributed by atoms with Gasteiger partial charge in [-0.05, 0) is 30.2 Å². The van der Waals surface area contributed by atoms with Crippen molar-refractivity contribution in [1.82, 2.24) is 25.1 Å². The van der Waals surface area contributed by atoms with Crippen LogP contribution in [0.15, 0.2) is 6.33 Å². The molecule has 0 aliphatic carbocycles. The van der Waals surface area contributed by atoms with E-state index in [9.17, 15) is 9.59 Å². The van der Waals surface area contributed by atoms with E-state index < -0.39 is 0 Å². The Balaban J connectivity index is 1.89. The molecule has 2 rings (SSSR count). The average molecular weight is 267 g/mol. The number of esters is 1. The molecular weight excluding hydrogens is 250 g/mol. The molecule has 1 aromatic heterocycles. The van der Waals surface area contributed by atoms with Crippen molar-refractivity contribution in [2.24, 2.45) is 5.92 Å². The van der Waals surface area contributed by atoms with Crippen molar-refractivity contribution in [3.63, 3.8) is 0 Å². The van der Waals surface area contributed by atoms with Gasteiger partial charge in [-0.1, -0.05) is 0 Å². The number of carbonyl (C=O) groups excluding carboxylic acids is 2. The minimum Gasteiger partial charge on any atom is -0.466 e. The van der Waals surface area contributed by atoms with Crippen LogP contribution in [0.5, 0.6) is 0 Å². The molecule has 19 heavy (non-hydrogen) atoms. The van der Waals surface area contributed by atoms with Gasteiger partial charge in [0, 0.05) is 13.1 Å². The predicted molar refractivity (Wildman–Crippen MR) is 63.8 cm³/mol. The molecule has 1 aromatic rings. The van der Waals surface area contributed by atoms with Crippen LogP contribution in [0, 0.1) is 5.92 Å². The molecule has 1 unspecified atom stereocenters. The molecule has 1 aliphatic heterocycles. The highest BCUT2D eigenvalue weighted by molar-refractivity contribution is 5.78. The van der Waals surface area contributed by atoms with E-state index in [4.69, 9.17) is 4.74 Å². The van der Waals surface area contributed by atoms with Crippen LogP contribution in [0.2, 0.25) is 0 Å². The minimum atomic E-state index is -0.220. The number of piperidine rings is 1. The fraction of sp³-hybridized carbons (Fsp3) is 0.727. The highest BCUT2D eigenvalue weighted by atomic mass is 16.5. The second-order valence-electron chi connectivity index (χ2n) is 4.44. The molecule has 0 bridgehead atoms. The Bertz CT molecular complexity index is 434. The molecule has 1 saturated heterocycles. The van der Waals surface area contributed by atoms with E-state index in [1.54, 1.807) is 11.8 Å². The van der Waals surface area contributed by atoms with Crippen LogP contribution >= 0.6 is 0 Å². The normalized spacial score (nSPS) is 19.2. The van der Waals surface area contributed by atoms with Gasteiger partial charge in [0.25, 0.3) is 0 Å². The van der Waals surface area contributed by atoms with Gasteiger partial charge in [-0.25, -0.2) is 4.68 Å². The number of tetrazole rings is 1. The lowest BCUT2D eigenvalue weighted by molar-refractivity contribution is -0.151. The molecule has 1 aliphatic rings. The summed E-state index contributed by atoms with van der Waals surface area (Å²) in [4.78, 5) is 25.4. The van der Waals surface area contributed by atoms with E-state index >= 15 is 0 Å². The van der Waals surface area contributed by atoms with Crippen molar-refractivity contribution in [2.75, 3.05) is 19.7 Å². The number of ether oxygens (including phenoxy) is 1. The second kappa shape index (κ2) is 6.26. The summed E-state index contributed by atoms with van der Waals surface area (Å²) in [5, 5.41) is 10.6. The summed E-state index contributed by atoms with van der Waals surface area (Å²) in [7, 11) is 0. The third-order valence-electron chi connectivity index (χ3n) is 3.08. The Morgan fingerprint density at radius 2 is 2.32 bits per heavy atom. The lowest BCUT2D eigenvalue weighted by Gasteiger charge is -2.31. The van der Waals surface area contributed by atoms with Crippen LogP contribution in [0.1, 0.15) is 19.8 Å².